The van der Waals surface area contributed by atoms with Crippen LogP contribution >= 0.6 is 0 Å². The summed E-state index contributed by atoms with van der Waals surface area (Å²) < 4.78 is 34.0. The van der Waals surface area contributed by atoms with E-state index >= 15 is 0 Å². The number of carboxylic acid groups (broad SMARTS) is 1. The van der Waals surface area contributed by atoms with E-state index < -0.39 is 16.2 Å². The fraction of sp³-hybridized carbons (Fsp3) is 0.250. The van der Waals surface area contributed by atoms with Gasteiger partial charge in [-0.1, -0.05) is 6.08 Å². The van der Waals surface area contributed by atoms with Gasteiger partial charge in [-0.3, -0.25) is 0 Å². The van der Waals surface area contributed by atoms with E-state index in [1.54, 1.807) is 6.92 Å². The predicted octanol–water partition coefficient (Wildman–Crippen LogP) is -4.64. The SMILES string of the molecule is C/C=C/C(=O)[O-].N.N.N.N.N.[Co+3].[O-][Cl+3]([O-])([O-])[O-]. The summed E-state index contributed by atoms with van der Waals surface area (Å²) in [6, 6.07) is 0. The minimum absolute atomic E-state index is 0. The second-order valence-electron chi connectivity index (χ2n) is 1.20. The summed E-state index contributed by atoms with van der Waals surface area (Å²) in [5.41, 5.74) is 0. The van der Waals surface area contributed by atoms with Crippen LogP contribution in [0, 0.1) is 10.2 Å². The topological polar surface area (TPSA) is 307 Å². The van der Waals surface area contributed by atoms with E-state index in [4.69, 9.17) is 18.6 Å². The minimum atomic E-state index is -4.94. The largest absolute Gasteiger partial charge is 3.00 e. The molecule has 0 saturated carbocycles. The normalized spacial score (nSPS) is 6.88. The average molecular weight is 329 g/mol. The molecule has 0 unspecified atom stereocenters. The van der Waals surface area contributed by atoms with Crippen LogP contribution in [-0.4, -0.2) is 5.97 Å². The molecule has 0 rings (SSSR count). The maximum absolute atomic E-state index is 9.40. The number of rotatable bonds is 1. The Kier molecular flexibility index (Phi) is 95.0. The van der Waals surface area contributed by atoms with Crippen LogP contribution in [0.5, 0.6) is 0 Å². The first-order chi connectivity index (χ1) is 4.77. The van der Waals surface area contributed by atoms with Crippen molar-refractivity contribution in [3.8, 4) is 0 Å². The molecule has 0 aromatic carbocycles. The van der Waals surface area contributed by atoms with Crippen LogP contribution < -0.4 is 54.5 Å². The first kappa shape index (κ1) is 54.5. The maximum Gasteiger partial charge on any atom is 3.00 e. The number of carboxylic acids is 1. The van der Waals surface area contributed by atoms with Crippen LogP contribution in [0.4, 0.5) is 0 Å². The number of allylic oxidation sites excluding steroid dienone is 1. The van der Waals surface area contributed by atoms with Gasteiger partial charge in [-0.25, -0.2) is 18.6 Å². The number of hydrogen-bond acceptors (Lipinski definition) is 11. The molecule has 13 heteroatoms. The number of halogens is 1. The van der Waals surface area contributed by atoms with Crippen LogP contribution in [-0.2, 0) is 21.6 Å². The summed E-state index contributed by atoms with van der Waals surface area (Å²) in [6.45, 7) is 1.62. The first-order valence-corrected chi connectivity index (χ1v) is 3.46. The summed E-state index contributed by atoms with van der Waals surface area (Å²) in [5.74, 6) is -1.14. The molecule has 0 fully saturated rings. The Morgan fingerprint density at radius 3 is 1.12 bits per heavy atom. The van der Waals surface area contributed by atoms with Gasteiger partial charge in [0.15, 0.2) is 0 Å². The second-order valence-corrected chi connectivity index (χ2v) is 1.95. The first-order valence-electron chi connectivity index (χ1n) is 2.22. The monoisotopic (exact) mass is 328 g/mol. The molecule has 17 heavy (non-hydrogen) atoms. The zero-order chi connectivity index (χ0) is 9.49. The van der Waals surface area contributed by atoms with Crippen molar-refractivity contribution in [1.82, 2.24) is 30.8 Å². The van der Waals surface area contributed by atoms with Gasteiger partial charge >= 0.3 is 16.8 Å². The van der Waals surface area contributed by atoms with Crippen LogP contribution in [0.3, 0.4) is 0 Å². The van der Waals surface area contributed by atoms with Crippen molar-refractivity contribution in [3.05, 3.63) is 12.2 Å². The summed E-state index contributed by atoms with van der Waals surface area (Å²) >= 11 is 0. The summed E-state index contributed by atoms with van der Waals surface area (Å²) in [4.78, 5) is 9.40. The van der Waals surface area contributed by atoms with Gasteiger partial charge in [0, 0.05) is 0 Å². The van der Waals surface area contributed by atoms with Crippen molar-refractivity contribution >= 4 is 5.97 Å². The Bertz CT molecular complexity index is 150. The van der Waals surface area contributed by atoms with Gasteiger partial charge in [0.1, 0.15) is 0 Å². The van der Waals surface area contributed by atoms with E-state index in [9.17, 15) is 9.90 Å². The Labute approximate surface area is 112 Å². The molecule has 15 N–H and O–H groups in total. The molecule has 0 saturated heterocycles. The minimum Gasteiger partial charge on any atom is -0.545 e. The molecular weight excluding hydrogens is 308 g/mol. The van der Waals surface area contributed by atoms with Crippen molar-refractivity contribution in [1.29, 1.82) is 0 Å². The molecule has 0 atom stereocenters. The smallest absolute Gasteiger partial charge is 0.545 e. The quantitative estimate of drug-likeness (QED) is 0.284. The third-order valence-corrected chi connectivity index (χ3v) is 0.303. The van der Waals surface area contributed by atoms with E-state index in [-0.39, 0.29) is 47.5 Å². The molecule has 0 aliphatic carbocycles. The van der Waals surface area contributed by atoms with Crippen molar-refractivity contribution < 1.29 is 55.6 Å². The van der Waals surface area contributed by atoms with Crippen LogP contribution in [0.15, 0.2) is 12.2 Å². The number of carbonyl (C=O) groups excluding carboxylic acids is 1. The van der Waals surface area contributed by atoms with Crippen LogP contribution in [0.1, 0.15) is 6.92 Å². The van der Waals surface area contributed by atoms with Crippen molar-refractivity contribution in [2.45, 2.75) is 6.92 Å². The van der Waals surface area contributed by atoms with Crippen molar-refractivity contribution in [3.63, 3.8) is 0 Å². The Morgan fingerprint density at radius 2 is 1.12 bits per heavy atom. The second kappa shape index (κ2) is 29.6. The van der Waals surface area contributed by atoms with Gasteiger partial charge in [-0.05, 0) is 13.0 Å². The number of aliphatic carboxylic acids is 1. The van der Waals surface area contributed by atoms with E-state index in [1.165, 1.54) is 6.08 Å². The third kappa shape index (κ3) is 416. The zero-order valence-corrected chi connectivity index (χ0v) is 11.1. The van der Waals surface area contributed by atoms with E-state index in [0.29, 0.717) is 0 Å². The number of carbonyl (C=O) groups is 1. The Balaban J connectivity index is -0.0000000118. The molecule has 112 valence electrons. The molecule has 0 amide bonds. The molecule has 0 aromatic rings. The fourth-order valence-electron chi connectivity index (χ4n) is 0.136. The molecule has 0 heterocycles. The summed E-state index contributed by atoms with van der Waals surface area (Å²) in [7, 11) is -4.94. The van der Waals surface area contributed by atoms with Gasteiger partial charge in [-0.2, -0.15) is 0 Å². The van der Waals surface area contributed by atoms with Gasteiger partial charge < -0.3 is 40.7 Å². The molecule has 0 aliphatic heterocycles. The van der Waals surface area contributed by atoms with Crippen molar-refractivity contribution in [2.75, 3.05) is 0 Å². The standard InChI is InChI=1S/C4H6O2.ClHO4.Co.5H3N/c1-2-3-4(5)6;2-1(3,4)5;;;;;;/h2-3H,1H3,(H,5,6);(H,2,3,4,5);;5*1H3/q;;+3;;;;;/p-2/b3-2+;;;;;;;. The van der Waals surface area contributed by atoms with Gasteiger partial charge in [0.25, 0.3) is 0 Å². The van der Waals surface area contributed by atoms with Gasteiger partial charge in [0.05, 0.1) is 5.97 Å². The van der Waals surface area contributed by atoms with Crippen LogP contribution in [0.25, 0.3) is 0 Å². The van der Waals surface area contributed by atoms with Gasteiger partial charge in [0.2, 0.25) is 0 Å². The number of hydrogen-bond donors (Lipinski definition) is 5. The van der Waals surface area contributed by atoms with Crippen molar-refractivity contribution in [2.24, 2.45) is 0 Å². The zero-order valence-electron chi connectivity index (χ0n) is 9.35. The van der Waals surface area contributed by atoms with E-state index in [0.717, 1.165) is 6.08 Å². The van der Waals surface area contributed by atoms with E-state index in [2.05, 4.69) is 0 Å². The molecular formula is C4H20ClCoN5O6+. The molecule has 0 aliphatic rings. The van der Waals surface area contributed by atoms with Crippen LogP contribution in [0.2, 0.25) is 0 Å². The summed E-state index contributed by atoms with van der Waals surface area (Å²) in [6.07, 6.45) is 2.38. The fourth-order valence-corrected chi connectivity index (χ4v) is 0.136. The van der Waals surface area contributed by atoms with Gasteiger partial charge in [-0.15, -0.1) is 10.2 Å². The maximum atomic E-state index is 9.40. The Morgan fingerprint density at radius 1 is 0.941 bits per heavy atom. The predicted molar refractivity (Wildman–Crippen MR) is 44.9 cm³/mol. The molecule has 0 bridgehead atoms. The molecule has 0 spiro atoms. The average Bonchev–Trinajstić information content (AvgIpc) is 1.58. The Hall–Kier alpha value is -0.354. The van der Waals surface area contributed by atoms with E-state index in [1.807, 2.05) is 0 Å². The summed E-state index contributed by atoms with van der Waals surface area (Å²) in [5, 5.41) is 9.40. The molecule has 0 aromatic heterocycles. The molecule has 0 radical (unpaired) electrons. The third-order valence-electron chi connectivity index (χ3n) is 0.303. The molecule has 11 nitrogen and oxygen atoms in total.